The smallest absolute Gasteiger partial charge is 0.271 e. The lowest BCUT2D eigenvalue weighted by molar-refractivity contribution is -0.126. The van der Waals surface area contributed by atoms with E-state index in [-0.39, 0.29) is 35.5 Å². The van der Waals surface area contributed by atoms with Gasteiger partial charge >= 0.3 is 0 Å². The van der Waals surface area contributed by atoms with Gasteiger partial charge in [0, 0.05) is 24.4 Å². The summed E-state index contributed by atoms with van der Waals surface area (Å²) >= 11 is 6.34. The molecule has 1 aromatic heterocycles. The highest BCUT2D eigenvalue weighted by Gasteiger charge is 2.52. The monoisotopic (exact) mass is 497 g/mol. The largest absolute Gasteiger partial charge is 0.496 e. The van der Waals surface area contributed by atoms with Crippen molar-refractivity contribution in [1.82, 2.24) is 20.5 Å². The number of methoxy groups -OCH3 is 1. The molecule has 3 N–H and O–H groups in total. The Hall–Kier alpha value is -3.25. The Labute approximate surface area is 208 Å². The molecule has 1 spiro atoms. The first-order chi connectivity index (χ1) is 16.8. The van der Waals surface area contributed by atoms with Crippen LogP contribution in [0.15, 0.2) is 18.2 Å². The SMILES string of the molecule is COc1ccc(Cl)c2[nH]c(C(=O)N3CC4(CCC4)CC3C(=O)NC(C#N)CC3CCNC3=O)cc12. The summed E-state index contributed by atoms with van der Waals surface area (Å²) in [6.07, 6.45) is 4.49. The molecule has 0 radical (unpaired) electrons. The molecule has 2 aliphatic heterocycles. The molecule has 2 saturated heterocycles. The molecule has 5 rings (SSSR count). The van der Waals surface area contributed by atoms with Crippen LogP contribution < -0.4 is 15.4 Å². The molecule has 10 heteroatoms. The Balaban J connectivity index is 1.38. The van der Waals surface area contributed by atoms with E-state index in [1.165, 1.54) is 0 Å². The molecule has 3 atom stereocenters. The van der Waals surface area contributed by atoms with Gasteiger partial charge in [-0.15, -0.1) is 0 Å². The number of hydrogen-bond acceptors (Lipinski definition) is 5. The van der Waals surface area contributed by atoms with E-state index < -0.39 is 12.1 Å². The second kappa shape index (κ2) is 9.08. The van der Waals surface area contributed by atoms with Crippen molar-refractivity contribution in [3.05, 3.63) is 28.9 Å². The third-order valence-electron chi connectivity index (χ3n) is 7.79. The molecule has 0 bridgehead atoms. The average Bonchev–Trinajstić information content (AvgIpc) is 3.55. The lowest BCUT2D eigenvalue weighted by Crippen LogP contribution is -2.49. The minimum atomic E-state index is -0.789. The van der Waals surface area contributed by atoms with Crippen LogP contribution in [0.3, 0.4) is 0 Å². The standard InChI is InChI=1S/C25H28ClN5O4/c1-35-20-4-3-17(26)21-16(20)10-18(30-21)24(34)31-13-25(6-2-7-25)11-19(31)23(33)29-15(12-27)9-14-5-8-28-22(14)32/h3-4,10,14-15,19,30H,2,5-9,11,13H2,1H3,(H,28,32)(H,29,33). The lowest BCUT2D eigenvalue weighted by atomic mass is 9.67. The van der Waals surface area contributed by atoms with Gasteiger partial charge in [-0.2, -0.15) is 5.26 Å². The molecule has 1 aliphatic carbocycles. The van der Waals surface area contributed by atoms with Gasteiger partial charge in [0.15, 0.2) is 0 Å². The fourth-order valence-corrected chi connectivity index (χ4v) is 5.93. The summed E-state index contributed by atoms with van der Waals surface area (Å²) in [5.41, 5.74) is 0.874. The summed E-state index contributed by atoms with van der Waals surface area (Å²) in [5, 5.41) is 16.4. The zero-order valence-electron chi connectivity index (χ0n) is 19.5. The summed E-state index contributed by atoms with van der Waals surface area (Å²) in [6, 6.07) is 5.80. The van der Waals surface area contributed by atoms with Crippen LogP contribution in [0.2, 0.25) is 5.02 Å². The van der Waals surface area contributed by atoms with Crippen LogP contribution in [0.1, 0.15) is 49.0 Å². The molecule has 1 saturated carbocycles. The topological polar surface area (TPSA) is 127 Å². The number of fused-ring (bicyclic) bond motifs is 1. The highest BCUT2D eigenvalue weighted by Crippen LogP contribution is 2.50. The van der Waals surface area contributed by atoms with Gasteiger partial charge in [0.25, 0.3) is 5.91 Å². The zero-order valence-corrected chi connectivity index (χ0v) is 20.3. The van der Waals surface area contributed by atoms with Crippen LogP contribution in [0.4, 0.5) is 0 Å². The van der Waals surface area contributed by atoms with E-state index in [0.717, 1.165) is 19.3 Å². The number of amides is 3. The number of aromatic nitrogens is 1. The van der Waals surface area contributed by atoms with E-state index in [1.807, 2.05) is 0 Å². The normalized spacial score (nSPS) is 23.6. The molecule has 1 aromatic carbocycles. The Morgan fingerprint density at radius 1 is 1.40 bits per heavy atom. The Kier molecular flexibility index (Phi) is 6.09. The molecule has 9 nitrogen and oxygen atoms in total. The van der Waals surface area contributed by atoms with Crippen molar-refractivity contribution in [3.8, 4) is 11.8 Å². The predicted octanol–water partition coefficient (Wildman–Crippen LogP) is 2.75. The van der Waals surface area contributed by atoms with Gasteiger partial charge in [-0.3, -0.25) is 14.4 Å². The van der Waals surface area contributed by atoms with Gasteiger partial charge < -0.3 is 25.3 Å². The first kappa shape index (κ1) is 23.5. The van der Waals surface area contributed by atoms with Crippen LogP contribution in [0.25, 0.3) is 10.9 Å². The second-order valence-corrected chi connectivity index (χ2v) is 10.3. The molecule has 184 valence electrons. The number of hydrogen-bond donors (Lipinski definition) is 3. The molecule has 3 amide bonds. The van der Waals surface area contributed by atoms with E-state index in [2.05, 4.69) is 21.7 Å². The third-order valence-corrected chi connectivity index (χ3v) is 8.11. The van der Waals surface area contributed by atoms with Crippen LogP contribution in [0.5, 0.6) is 5.75 Å². The highest BCUT2D eigenvalue weighted by molar-refractivity contribution is 6.35. The van der Waals surface area contributed by atoms with E-state index >= 15 is 0 Å². The Bertz CT molecular complexity index is 1230. The van der Waals surface area contributed by atoms with Crippen molar-refractivity contribution in [3.63, 3.8) is 0 Å². The number of nitrogens with one attached hydrogen (secondary N) is 3. The fourth-order valence-electron chi connectivity index (χ4n) is 5.72. The average molecular weight is 498 g/mol. The van der Waals surface area contributed by atoms with Crippen molar-refractivity contribution in [2.24, 2.45) is 11.3 Å². The number of rotatable bonds is 6. The number of aromatic amines is 1. The lowest BCUT2D eigenvalue weighted by Gasteiger charge is -2.37. The van der Waals surface area contributed by atoms with Crippen molar-refractivity contribution >= 4 is 40.2 Å². The van der Waals surface area contributed by atoms with Crippen molar-refractivity contribution in [1.29, 1.82) is 5.26 Å². The van der Waals surface area contributed by atoms with Gasteiger partial charge in [-0.25, -0.2) is 0 Å². The molecule has 3 unspecified atom stereocenters. The van der Waals surface area contributed by atoms with Gasteiger partial charge in [0.2, 0.25) is 11.8 Å². The highest BCUT2D eigenvalue weighted by atomic mass is 35.5. The first-order valence-corrected chi connectivity index (χ1v) is 12.4. The van der Waals surface area contributed by atoms with E-state index in [9.17, 15) is 19.6 Å². The second-order valence-electron chi connectivity index (χ2n) is 9.93. The van der Waals surface area contributed by atoms with Gasteiger partial charge in [-0.05, 0) is 55.7 Å². The molecular weight excluding hydrogens is 470 g/mol. The number of benzene rings is 1. The summed E-state index contributed by atoms with van der Waals surface area (Å²) in [4.78, 5) is 43.7. The minimum absolute atomic E-state index is 0.0630. The van der Waals surface area contributed by atoms with Crippen LogP contribution in [0, 0.1) is 22.7 Å². The number of nitriles is 1. The molecular formula is C25H28ClN5O4. The molecule has 2 aromatic rings. The van der Waals surface area contributed by atoms with E-state index in [0.29, 0.717) is 53.3 Å². The van der Waals surface area contributed by atoms with Gasteiger partial charge in [-0.1, -0.05) is 18.0 Å². The van der Waals surface area contributed by atoms with Crippen LogP contribution >= 0.6 is 11.6 Å². The number of carbonyl (C=O) groups is 3. The van der Waals surface area contributed by atoms with Crippen molar-refractivity contribution < 1.29 is 19.1 Å². The van der Waals surface area contributed by atoms with Gasteiger partial charge in [0.05, 0.1) is 23.7 Å². The third kappa shape index (κ3) is 4.20. The van der Waals surface area contributed by atoms with Crippen molar-refractivity contribution in [2.45, 2.75) is 50.6 Å². The van der Waals surface area contributed by atoms with E-state index in [1.54, 1.807) is 30.2 Å². The van der Waals surface area contributed by atoms with Gasteiger partial charge in [0.1, 0.15) is 23.5 Å². The maximum Gasteiger partial charge on any atom is 0.271 e. The summed E-state index contributed by atoms with van der Waals surface area (Å²) in [7, 11) is 1.55. The Morgan fingerprint density at radius 2 is 2.20 bits per heavy atom. The first-order valence-electron chi connectivity index (χ1n) is 12.0. The summed E-state index contributed by atoms with van der Waals surface area (Å²) in [6.45, 7) is 1.08. The number of carbonyl (C=O) groups excluding carboxylic acids is 3. The number of H-pyrrole nitrogens is 1. The number of halogens is 1. The number of likely N-dealkylation sites (tertiary alicyclic amines) is 1. The van der Waals surface area contributed by atoms with Crippen LogP contribution in [-0.4, -0.2) is 59.9 Å². The molecule has 3 aliphatic rings. The summed E-state index contributed by atoms with van der Waals surface area (Å²) in [5.74, 6) is -0.409. The van der Waals surface area contributed by atoms with Crippen molar-refractivity contribution in [2.75, 3.05) is 20.2 Å². The zero-order chi connectivity index (χ0) is 24.7. The Morgan fingerprint density at radius 3 is 2.83 bits per heavy atom. The quantitative estimate of drug-likeness (QED) is 0.565. The van der Waals surface area contributed by atoms with Crippen LogP contribution in [-0.2, 0) is 9.59 Å². The summed E-state index contributed by atoms with van der Waals surface area (Å²) < 4.78 is 5.41. The predicted molar refractivity (Wildman–Crippen MR) is 129 cm³/mol. The maximum absolute atomic E-state index is 13.7. The molecule has 35 heavy (non-hydrogen) atoms. The van der Waals surface area contributed by atoms with E-state index in [4.69, 9.17) is 16.3 Å². The maximum atomic E-state index is 13.7. The minimum Gasteiger partial charge on any atom is -0.496 e. The molecule has 3 fully saturated rings. The number of ether oxygens (including phenoxy) is 1. The molecule has 3 heterocycles. The number of nitrogens with zero attached hydrogens (tertiary/aromatic N) is 2. The fraction of sp³-hybridized carbons (Fsp3) is 0.520.